The highest BCUT2D eigenvalue weighted by Crippen LogP contribution is 2.33. The number of hydrogen-bond acceptors (Lipinski definition) is 2. The molecule has 0 spiro atoms. The van der Waals surface area contributed by atoms with Crippen molar-refractivity contribution in [3.63, 3.8) is 0 Å². The number of anilines is 2. The normalized spacial score (nSPS) is 15.7. The van der Waals surface area contributed by atoms with Crippen LogP contribution in [-0.2, 0) is 0 Å². The van der Waals surface area contributed by atoms with Crippen LogP contribution in [0.1, 0.15) is 26.2 Å². The molecular weight excluding hydrogens is 239 g/mol. The molecule has 0 aliphatic heterocycles. The van der Waals surface area contributed by atoms with Gasteiger partial charge < -0.3 is 10.6 Å². The summed E-state index contributed by atoms with van der Waals surface area (Å²) < 4.78 is 13.2. The van der Waals surface area contributed by atoms with Gasteiger partial charge in [-0.2, -0.15) is 0 Å². The summed E-state index contributed by atoms with van der Waals surface area (Å²) in [5.41, 5.74) is 7.18. The first-order valence-corrected chi connectivity index (χ1v) is 6.49. The molecule has 2 rings (SSSR count). The van der Waals surface area contributed by atoms with Gasteiger partial charge in [-0.05, 0) is 31.7 Å². The molecule has 4 heteroatoms. The fourth-order valence-corrected chi connectivity index (χ4v) is 2.37. The SMILES string of the molecule is CCN(CC1CCC1)c1cc(Cl)c(F)cc1N. The van der Waals surface area contributed by atoms with E-state index in [4.69, 9.17) is 17.3 Å². The molecule has 1 aliphatic rings. The summed E-state index contributed by atoms with van der Waals surface area (Å²) in [7, 11) is 0. The van der Waals surface area contributed by atoms with Crippen LogP contribution in [-0.4, -0.2) is 13.1 Å². The second-order valence-electron chi connectivity index (χ2n) is 4.66. The molecule has 0 atom stereocenters. The molecule has 17 heavy (non-hydrogen) atoms. The van der Waals surface area contributed by atoms with Gasteiger partial charge in [-0.25, -0.2) is 4.39 Å². The fourth-order valence-electron chi connectivity index (χ4n) is 2.21. The Labute approximate surface area is 107 Å². The summed E-state index contributed by atoms with van der Waals surface area (Å²) in [4.78, 5) is 2.18. The highest BCUT2D eigenvalue weighted by Gasteiger charge is 2.21. The van der Waals surface area contributed by atoms with Crippen LogP contribution < -0.4 is 10.6 Å². The third kappa shape index (κ3) is 2.65. The lowest BCUT2D eigenvalue weighted by atomic mass is 9.85. The quantitative estimate of drug-likeness (QED) is 0.833. The van der Waals surface area contributed by atoms with Crippen LogP contribution in [0, 0.1) is 11.7 Å². The van der Waals surface area contributed by atoms with E-state index in [1.807, 2.05) is 0 Å². The topological polar surface area (TPSA) is 29.3 Å². The van der Waals surface area contributed by atoms with Gasteiger partial charge in [-0.1, -0.05) is 18.0 Å². The van der Waals surface area contributed by atoms with E-state index in [9.17, 15) is 4.39 Å². The molecule has 1 saturated carbocycles. The summed E-state index contributed by atoms with van der Waals surface area (Å²) in [5, 5.41) is 0.140. The smallest absolute Gasteiger partial charge is 0.143 e. The van der Waals surface area contributed by atoms with E-state index in [0.717, 1.165) is 24.7 Å². The number of nitrogens with two attached hydrogens (primary N) is 1. The number of nitrogens with zero attached hydrogens (tertiary/aromatic N) is 1. The van der Waals surface area contributed by atoms with Crippen molar-refractivity contribution >= 4 is 23.0 Å². The average molecular weight is 257 g/mol. The number of nitrogen functional groups attached to an aromatic ring is 1. The van der Waals surface area contributed by atoms with Gasteiger partial charge >= 0.3 is 0 Å². The minimum Gasteiger partial charge on any atom is -0.397 e. The van der Waals surface area contributed by atoms with Crippen LogP contribution in [0.25, 0.3) is 0 Å². The standard InChI is InChI=1S/C13H18ClFN2/c1-2-17(8-9-4-3-5-9)13-6-10(14)11(15)7-12(13)16/h6-7,9H,2-5,8,16H2,1H3. The van der Waals surface area contributed by atoms with Crippen LogP contribution in [0.3, 0.4) is 0 Å². The van der Waals surface area contributed by atoms with E-state index < -0.39 is 5.82 Å². The largest absolute Gasteiger partial charge is 0.397 e. The van der Waals surface area contributed by atoms with Gasteiger partial charge in [0.15, 0.2) is 0 Å². The number of benzene rings is 1. The molecule has 0 heterocycles. The predicted molar refractivity (Wildman–Crippen MR) is 71.1 cm³/mol. The van der Waals surface area contributed by atoms with E-state index in [1.54, 1.807) is 6.07 Å². The van der Waals surface area contributed by atoms with Gasteiger partial charge in [0, 0.05) is 19.2 Å². The van der Waals surface area contributed by atoms with Crippen molar-refractivity contribution in [1.29, 1.82) is 0 Å². The first kappa shape index (κ1) is 12.5. The van der Waals surface area contributed by atoms with Crippen LogP contribution >= 0.6 is 11.6 Å². The van der Waals surface area contributed by atoms with Crippen molar-refractivity contribution in [2.45, 2.75) is 26.2 Å². The minimum absolute atomic E-state index is 0.140. The third-order valence-corrected chi connectivity index (χ3v) is 3.78. The lowest BCUT2D eigenvalue weighted by Crippen LogP contribution is -2.32. The maximum atomic E-state index is 13.2. The predicted octanol–water partition coefficient (Wildman–Crippen LogP) is 3.69. The first-order valence-electron chi connectivity index (χ1n) is 6.11. The zero-order chi connectivity index (χ0) is 12.4. The van der Waals surface area contributed by atoms with Crippen LogP contribution in [0.5, 0.6) is 0 Å². The Morgan fingerprint density at radius 2 is 2.18 bits per heavy atom. The molecular formula is C13H18ClFN2. The second kappa shape index (κ2) is 5.13. The Bertz CT molecular complexity index is 405. The van der Waals surface area contributed by atoms with Crippen molar-refractivity contribution in [3.8, 4) is 0 Å². The van der Waals surface area contributed by atoms with Gasteiger partial charge in [0.25, 0.3) is 0 Å². The second-order valence-corrected chi connectivity index (χ2v) is 5.07. The molecule has 0 amide bonds. The van der Waals surface area contributed by atoms with E-state index in [0.29, 0.717) is 5.69 Å². The molecule has 1 aromatic rings. The summed E-state index contributed by atoms with van der Waals surface area (Å²) >= 11 is 5.81. The zero-order valence-corrected chi connectivity index (χ0v) is 10.8. The number of hydrogen-bond donors (Lipinski definition) is 1. The molecule has 94 valence electrons. The van der Waals surface area contributed by atoms with Crippen LogP contribution in [0.15, 0.2) is 12.1 Å². The lowest BCUT2D eigenvalue weighted by Gasteiger charge is -2.33. The van der Waals surface area contributed by atoms with Crippen molar-refractivity contribution in [2.24, 2.45) is 5.92 Å². The molecule has 0 unspecified atom stereocenters. The Morgan fingerprint density at radius 3 is 2.71 bits per heavy atom. The lowest BCUT2D eigenvalue weighted by molar-refractivity contribution is 0.318. The Hall–Kier alpha value is -0.960. The summed E-state index contributed by atoms with van der Waals surface area (Å²) in [5.74, 6) is 0.297. The van der Waals surface area contributed by atoms with Crippen molar-refractivity contribution in [2.75, 3.05) is 23.7 Å². The van der Waals surface area contributed by atoms with E-state index in [2.05, 4.69) is 11.8 Å². The highest BCUT2D eigenvalue weighted by molar-refractivity contribution is 6.31. The average Bonchev–Trinajstić information content (AvgIpc) is 2.23. The minimum atomic E-state index is -0.451. The van der Waals surface area contributed by atoms with Gasteiger partial charge in [0.1, 0.15) is 5.82 Å². The highest BCUT2D eigenvalue weighted by atomic mass is 35.5. The van der Waals surface area contributed by atoms with Gasteiger partial charge in [-0.15, -0.1) is 0 Å². The molecule has 2 nitrogen and oxygen atoms in total. The molecule has 1 fully saturated rings. The van der Waals surface area contributed by atoms with Crippen molar-refractivity contribution in [3.05, 3.63) is 23.0 Å². The maximum absolute atomic E-state index is 13.2. The summed E-state index contributed by atoms with van der Waals surface area (Å²) in [6, 6.07) is 2.94. The zero-order valence-electron chi connectivity index (χ0n) is 10.0. The number of rotatable bonds is 4. The van der Waals surface area contributed by atoms with E-state index >= 15 is 0 Å². The molecule has 1 aliphatic carbocycles. The van der Waals surface area contributed by atoms with E-state index in [-0.39, 0.29) is 5.02 Å². The summed E-state index contributed by atoms with van der Waals surface area (Å²) in [6.45, 7) is 3.93. The molecule has 1 aromatic carbocycles. The number of halogens is 2. The summed E-state index contributed by atoms with van der Waals surface area (Å²) in [6.07, 6.45) is 3.89. The van der Waals surface area contributed by atoms with Crippen LogP contribution in [0.2, 0.25) is 5.02 Å². The Kier molecular flexibility index (Phi) is 3.77. The van der Waals surface area contributed by atoms with Crippen LogP contribution in [0.4, 0.5) is 15.8 Å². The molecule has 0 saturated heterocycles. The van der Waals surface area contributed by atoms with Gasteiger partial charge in [0.2, 0.25) is 0 Å². The Morgan fingerprint density at radius 1 is 1.47 bits per heavy atom. The van der Waals surface area contributed by atoms with Gasteiger partial charge in [0.05, 0.1) is 16.4 Å². The molecule has 0 radical (unpaired) electrons. The monoisotopic (exact) mass is 256 g/mol. The van der Waals surface area contributed by atoms with E-state index in [1.165, 1.54) is 25.3 Å². The fraction of sp³-hybridized carbons (Fsp3) is 0.538. The molecule has 2 N–H and O–H groups in total. The maximum Gasteiger partial charge on any atom is 0.143 e. The molecule has 0 bridgehead atoms. The third-order valence-electron chi connectivity index (χ3n) is 3.50. The van der Waals surface area contributed by atoms with Crippen molar-refractivity contribution in [1.82, 2.24) is 0 Å². The van der Waals surface area contributed by atoms with Crippen molar-refractivity contribution < 1.29 is 4.39 Å². The molecule has 0 aromatic heterocycles. The first-order chi connectivity index (χ1) is 8.11. The Balaban J connectivity index is 2.19. The van der Waals surface area contributed by atoms with Gasteiger partial charge in [-0.3, -0.25) is 0 Å².